The number of benzene rings is 1. The Bertz CT molecular complexity index is 762. The van der Waals surface area contributed by atoms with E-state index >= 15 is 0 Å². The van der Waals surface area contributed by atoms with Gasteiger partial charge in [0.15, 0.2) is 11.5 Å². The first-order valence-corrected chi connectivity index (χ1v) is 9.63. The maximum Gasteiger partial charge on any atom is 0.387 e. The van der Waals surface area contributed by atoms with Gasteiger partial charge in [0.2, 0.25) is 0 Å². The van der Waals surface area contributed by atoms with Crippen molar-refractivity contribution in [1.82, 2.24) is 0 Å². The lowest BCUT2D eigenvalue weighted by Gasteiger charge is -2.18. The number of nitrogens with zero attached hydrogens (tertiary/aromatic N) is 1. The number of alkyl halides is 2. The number of aliphatic imine (C=N–C) groups is 1. The molecule has 0 saturated heterocycles. The normalized spacial score (nSPS) is 17.1. The Kier molecular flexibility index (Phi) is 8.73. The van der Waals surface area contributed by atoms with Crippen molar-refractivity contribution in [3.8, 4) is 11.5 Å². The van der Waals surface area contributed by atoms with Crippen molar-refractivity contribution in [3.63, 3.8) is 0 Å². The molecule has 0 bridgehead atoms. The van der Waals surface area contributed by atoms with Gasteiger partial charge in [-0.25, -0.2) is 0 Å². The second kappa shape index (κ2) is 10.8. The van der Waals surface area contributed by atoms with Crippen molar-refractivity contribution < 1.29 is 23.4 Å². The number of aliphatic hydroxyl groups excluding tert-OH is 1. The molecule has 8 heteroatoms. The molecular formula is C20H23Cl2F2NO3. The van der Waals surface area contributed by atoms with E-state index in [1.54, 1.807) is 20.0 Å². The molecule has 1 aromatic rings. The molecular weight excluding hydrogens is 411 g/mol. The minimum atomic E-state index is -2.96. The Morgan fingerprint density at radius 3 is 2.61 bits per heavy atom. The lowest BCUT2D eigenvalue weighted by atomic mass is 10.00. The third kappa shape index (κ3) is 6.76. The molecule has 0 aliphatic heterocycles. The molecule has 1 saturated carbocycles. The van der Waals surface area contributed by atoms with Gasteiger partial charge in [-0.1, -0.05) is 35.3 Å². The van der Waals surface area contributed by atoms with Crippen molar-refractivity contribution in [1.29, 1.82) is 0 Å². The predicted molar refractivity (Wildman–Crippen MR) is 108 cm³/mol. The van der Waals surface area contributed by atoms with E-state index in [0.29, 0.717) is 33.7 Å². The molecule has 28 heavy (non-hydrogen) atoms. The summed E-state index contributed by atoms with van der Waals surface area (Å²) in [5.41, 5.74) is 1.00. The smallest absolute Gasteiger partial charge is 0.387 e. The van der Waals surface area contributed by atoms with Gasteiger partial charge < -0.3 is 14.6 Å². The highest BCUT2D eigenvalue weighted by atomic mass is 35.5. The van der Waals surface area contributed by atoms with E-state index in [9.17, 15) is 13.9 Å². The molecule has 0 unspecified atom stereocenters. The van der Waals surface area contributed by atoms with E-state index in [0.717, 1.165) is 12.8 Å². The fourth-order valence-corrected chi connectivity index (χ4v) is 3.02. The van der Waals surface area contributed by atoms with Crippen molar-refractivity contribution in [2.24, 2.45) is 10.9 Å². The van der Waals surface area contributed by atoms with Crippen LogP contribution in [0, 0.1) is 5.92 Å². The van der Waals surface area contributed by atoms with Gasteiger partial charge in [-0.2, -0.15) is 8.78 Å². The topological polar surface area (TPSA) is 51.0 Å². The highest BCUT2D eigenvalue weighted by Gasteiger charge is 2.24. The number of ether oxygens (including phenoxy) is 2. The van der Waals surface area contributed by atoms with Crippen LogP contribution in [0.5, 0.6) is 11.5 Å². The molecule has 154 valence electrons. The van der Waals surface area contributed by atoms with Crippen molar-refractivity contribution in [2.45, 2.75) is 38.9 Å². The van der Waals surface area contributed by atoms with Gasteiger partial charge in [0.25, 0.3) is 0 Å². The van der Waals surface area contributed by atoms with E-state index in [-0.39, 0.29) is 17.9 Å². The molecule has 0 amide bonds. The molecule has 0 radical (unpaired) electrons. The zero-order valence-corrected chi connectivity index (χ0v) is 17.2. The van der Waals surface area contributed by atoms with E-state index in [2.05, 4.69) is 9.73 Å². The van der Waals surface area contributed by atoms with Gasteiger partial charge in [-0.05, 0) is 49.0 Å². The minimum absolute atomic E-state index is 0.0648. The SMILES string of the molecule is C\C=C(Cl)/C(C[C@H](O)c1ccc(OC(F)F)c(OCC2CC2)c1)=C(Cl)\C=N\C. The quantitative estimate of drug-likeness (QED) is 0.372. The molecule has 2 rings (SSSR count). The first-order valence-electron chi connectivity index (χ1n) is 8.88. The second-order valence-corrected chi connectivity index (χ2v) is 7.22. The highest BCUT2D eigenvalue weighted by Crippen LogP contribution is 2.37. The van der Waals surface area contributed by atoms with Crippen LogP contribution in [-0.4, -0.2) is 31.6 Å². The Hall–Kier alpha value is -1.63. The molecule has 0 aromatic heterocycles. The number of rotatable bonds is 10. The van der Waals surface area contributed by atoms with Crippen LogP contribution in [0.3, 0.4) is 0 Å². The summed E-state index contributed by atoms with van der Waals surface area (Å²) in [4.78, 5) is 3.86. The van der Waals surface area contributed by atoms with Gasteiger partial charge in [0.1, 0.15) is 0 Å². The average Bonchev–Trinajstić information content (AvgIpc) is 3.48. The Morgan fingerprint density at radius 2 is 2.04 bits per heavy atom. The Morgan fingerprint density at radius 1 is 1.32 bits per heavy atom. The van der Waals surface area contributed by atoms with Crippen LogP contribution in [0.4, 0.5) is 8.78 Å². The molecule has 1 aromatic carbocycles. The monoisotopic (exact) mass is 433 g/mol. The van der Waals surface area contributed by atoms with Crippen LogP contribution in [0.2, 0.25) is 0 Å². The van der Waals surface area contributed by atoms with E-state index < -0.39 is 12.7 Å². The van der Waals surface area contributed by atoms with Crippen molar-refractivity contribution >= 4 is 29.4 Å². The minimum Gasteiger partial charge on any atom is -0.489 e. The summed E-state index contributed by atoms with van der Waals surface area (Å²) in [6.45, 7) is -0.787. The summed E-state index contributed by atoms with van der Waals surface area (Å²) in [6.07, 6.45) is 4.36. The van der Waals surface area contributed by atoms with Crippen molar-refractivity contribution in [3.05, 3.63) is 45.5 Å². The number of hydrogen-bond donors (Lipinski definition) is 1. The van der Waals surface area contributed by atoms with Crippen LogP contribution in [-0.2, 0) is 0 Å². The Labute approximate surface area is 173 Å². The van der Waals surface area contributed by atoms with E-state index in [4.69, 9.17) is 27.9 Å². The number of aliphatic hydroxyl groups is 1. The standard InChI is InChI=1S/C20H23Cl2F2NO3/c1-3-15(21)14(16(22)10-25-2)9-17(26)13-6-7-18(28-20(23)24)19(8-13)27-11-12-4-5-12/h3,6-8,10,12,17,20,26H,4-5,9,11H2,1-2H3/b15-3+,16-14+,25-10+/t17-/m0/s1. The molecule has 0 spiro atoms. The second-order valence-electron chi connectivity index (χ2n) is 6.41. The zero-order valence-electron chi connectivity index (χ0n) is 15.7. The van der Waals surface area contributed by atoms with Crippen LogP contribution in [0.25, 0.3) is 0 Å². The summed E-state index contributed by atoms with van der Waals surface area (Å²) in [5, 5.41) is 11.4. The molecule has 0 heterocycles. The highest BCUT2D eigenvalue weighted by molar-refractivity contribution is 6.42. The maximum atomic E-state index is 12.7. The summed E-state index contributed by atoms with van der Waals surface area (Å²) in [6, 6.07) is 4.38. The number of allylic oxidation sites excluding steroid dienone is 3. The maximum absolute atomic E-state index is 12.7. The molecule has 4 nitrogen and oxygen atoms in total. The molecule has 1 aliphatic rings. The molecule has 1 aliphatic carbocycles. The van der Waals surface area contributed by atoms with Gasteiger partial charge in [-0.3, -0.25) is 4.99 Å². The summed E-state index contributed by atoms with van der Waals surface area (Å²) in [5.74, 6) is 0.542. The lowest BCUT2D eigenvalue weighted by Crippen LogP contribution is -2.08. The van der Waals surface area contributed by atoms with E-state index in [1.807, 2.05) is 0 Å². The van der Waals surface area contributed by atoms with Crippen molar-refractivity contribution in [2.75, 3.05) is 13.7 Å². The van der Waals surface area contributed by atoms with Crippen LogP contribution in [0.15, 0.2) is 44.9 Å². The number of hydrogen-bond acceptors (Lipinski definition) is 4. The lowest BCUT2D eigenvalue weighted by molar-refractivity contribution is -0.0515. The molecule has 1 fully saturated rings. The van der Waals surface area contributed by atoms with Crippen LogP contribution < -0.4 is 9.47 Å². The van der Waals surface area contributed by atoms with Crippen LogP contribution in [0.1, 0.15) is 37.9 Å². The fraction of sp³-hybridized carbons (Fsp3) is 0.450. The largest absolute Gasteiger partial charge is 0.489 e. The third-order valence-corrected chi connectivity index (χ3v) is 4.98. The first-order chi connectivity index (χ1) is 13.3. The average molecular weight is 434 g/mol. The summed E-state index contributed by atoms with van der Waals surface area (Å²) >= 11 is 12.4. The fourth-order valence-electron chi connectivity index (χ4n) is 2.52. The summed E-state index contributed by atoms with van der Waals surface area (Å²) < 4.78 is 35.5. The molecule has 1 atom stereocenters. The zero-order chi connectivity index (χ0) is 20.7. The Balaban J connectivity index is 2.26. The predicted octanol–water partition coefficient (Wildman–Crippen LogP) is 5.84. The van der Waals surface area contributed by atoms with E-state index in [1.165, 1.54) is 24.4 Å². The number of halogens is 4. The first kappa shape index (κ1) is 22.7. The van der Waals surface area contributed by atoms with Gasteiger partial charge in [0, 0.05) is 24.7 Å². The van der Waals surface area contributed by atoms with Gasteiger partial charge in [-0.15, -0.1) is 0 Å². The van der Waals surface area contributed by atoms with Gasteiger partial charge >= 0.3 is 6.61 Å². The van der Waals surface area contributed by atoms with Crippen LogP contribution >= 0.6 is 23.2 Å². The third-order valence-electron chi connectivity index (χ3n) is 4.21. The van der Waals surface area contributed by atoms with Gasteiger partial charge in [0.05, 0.1) is 17.7 Å². The summed E-state index contributed by atoms with van der Waals surface area (Å²) in [7, 11) is 1.57. The molecule has 1 N–H and O–H groups in total.